The maximum Gasteiger partial charge on any atom is 0.224 e. The third-order valence-electron chi connectivity index (χ3n) is 7.28. The summed E-state index contributed by atoms with van der Waals surface area (Å²) in [4.78, 5) is 15.1. The lowest BCUT2D eigenvalue weighted by molar-refractivity contribution is -0.121. The number of nitrogens with zero attached hydrogens (tertiary/aromatic N) is 1. The summed E-state index contributed by atoms with van der Waals surface area (Å²) in [6, 6.07) is 8.41. The molecule has 0 aliphatic carbocycles. The number of nitrogens with one attached hydrogen (secondary N) is 1. The van der Waals surface area contributed by atoms with Gasteiger partial charge in [-0.1, -0.05) is 6.07 Å². The fourth-order valence-electron chi connectivity index (χ4n) is 5.44. The molecule has 7 heteroatoms. The van der Waals surface area contributed by atoms with Crippen LogP contribution < -0.4 is 10.1 Å². The monoisotopic (exact) mass is 472 g/mol. The first-order valence-corrected chi connectivity index (χ1v) is 12.0. The molecule has 34 heavy (non-hydrogen) atoms. The molecular formula is C27H34F2N2O3. The van der Waals surface area contributed by atoms with Crippen LogP contribution in [0.15, 0.2) is 30.3 Å². The summed E-state index contributed by atoms with van der Waals surface area (Å²) in [7, 11) is 1.67. The van der Waals surface area contributed by atoms with E-state index in [1.54, 1.807) is 7.11 Å². The van der Waals surface area contributed by atoms with Crippen LogP contribution in [0.25, 0.3) is 0 Å². The van der Waals surface area contributed by atoms with E-state index >= 15 is 0 Å². The van der Waals surface area contributed by atoms with Gasteiger partial charge >= 0.3 is 0 Å². The Hall–Kier alpha value is -2.51. The van der Waals surface area contributed by atoms with Gasteiger partial charge in [-0.05, 0) is 80.0 Å². The second-order valence-corrected chi connectivity index (χ2v) is 9.56. The van der Waals surface area contributed by atoms with Gasteiger partial charge in [-0.3, -0.25) is 9.69 Å². The number of methoxy groups -OCH3 is 1. The lowest BCUT2D eigenvalue weighted by Crippen LogP contribution is -2.50. The molecule has 5 nitrogen and oxygen atoms in total. The molecule has 2 aromatic carbocycles. The molecule has 2 fully saturated rings. The van der Waals surface area contributed by atoms with Gasteiger partial charge in [0.25, 0.3) is 0 Å². The minimum absolute atomic E-state index is 0.0124. The minimum atomic E-state index is -0.658. The van der Waals surface area contributed by atoms with E-state index in [1.807, 2.05) is 0 Å². The molecule has 2 bridgehead atoms. The third kappa shape index (κ3) is 5.76. The second kappa shape index (κ2) is 10.8. The number of amides is 1. The van der Waals surface area contributed by atoms with E-state index in [0.717, 1.165) is 49.6 Å². The molecule has 184 valence electrons. The van der Waals surface area contributed by atoms with Gasteiger partial charge in [0.05, 0.1) is 13.0 Å². The van der Waals surface area contributed by atoms with Crippen molar-refractivity contribution in [1.29, 1.82) is 0 Å². The molecule has 4 rings (SSSR count). The molecule has 2 aromatic rings. The number of piperidine rings is 1. The third-order valence-corrected chi connectivity index (χ3v) is 7.28. The summed E-state index contributed by atoms with van der Waals surface area (Å²) < 4.78 is 37.8. The van der Waals surface area contributed by atoms with Gasteiger partial charge in [0.2, 0.25) is 5.91 Å². The first-order chi connectivity index (χ1) is 16.3. The maximum absolute atomic E-state index is 13.4. The normalized spacial score (nSPS) is 22.1. The van der Waals surface area contributed by atoms with E-state index in [0.29, 0.717) is 30.9 Å². The molecule has 2 unspecified atom stereocenters. The van der Waals surface area contributed by atoms with Gasteiger partial charge in [-0.2, -0.15) is 0 Å². The van der Waals surface area contributed by atoms with Crippen molar-refractivity contribution in [1.82, 2.24) is 10.2 Å². The van der Waals surface area contributed by atoms with Crippen LogP contribution in [-0.4, -0.2) is 49.3 Å². The number of fused-ring (bicyclic) bond motifs is 2. The maximum atomic E-state index is 13.4. The van der Waals surface area contributed by atoms with E-state index in [9.17, 15) is 13.6 Å². The Morgan fingerprint density at radius 3 is 2.35 bits per heavy atom. The van der Waals surface area contributed by atoms with Gasteiger partial charge in [0, 0.05) is 37.8 Å². The number of hydrogen-bond donors (Lipinski definition) is 1. The SMILES string of the molecule is COCCOc1ccc(CN2C3CCC2CC(NC(=O)Cc2cc(F)cc(F)c2)C3)c(C)c1C. The van der Waals surface area contributed by atoms with Crippen molar-refractivity contribution in [2.75, 3.05) is 20.3 Å². The van der Waals surface area contributed by atoms with Crippen molar-refractivity contribution in [3.8, 4) is 5.75 Å². The van der Waals surface area contributed by atoms with Crippen molar-refractivity contribution in [2.45, 2.75) is 70.6 Å². The number of benzene rings is 2. The Kier molecular flexibility index (Phi) is 7.84. The summed E-state index contributed by atoms with van der Waals surface area (Å²) >= 11 is 0. The molecule has 2 heterocycles. The molecule has 2 atom stereocenters. The second-order valence-electron chi connectivity index (χ2n) is 9.56. The molecule has 1 N–H and O–H groups in total. The standard InChI is InChI=1S/C27H34F2N2O3/c1-17-18(2)26(34-9-8-33-3)7-4-20(17)16-31-24-5-6-25(31)15-23(14-24)30-27(32)12-19-10-21(28)13-22(29)11-19/h4,7,10-11,13,23-25H,5-6,8-9,12,14-16H2,1-3H3,(H,30,32). The Morgan fingerprint density at radius 2 is 1.71 bits per heavy atom. The van der Waals surface area contributed by atoms with Crippen LogP contribution in [0.5, 0.6) is 5.75 Å². The first-order valence-electron chi connectivity index (χ1n) is 12.0. The number of hydrogen-bond acceptors (Lipinski definition) is 4. The summed E-state index contributed by atoms with van der Waals surface area (Å²) in [5, 5.41) is 3.11. The molecule has 0 spiro atoms. The Morgan fingerprint density at radius 1 is 1.03 bits per heavy atom. The average molecular weight is 473 g/mol. The first kappa shape index (κ1) is 24.6. The zero-order valence-electron chi connectivity index (χ0n) is 20.2. The van der Waals surface area contributed by atoms with E-state index in [2.05, 4.69) is 36.2 Å². The lowest BCUT2D eigenvalue weighted by atomic mass is 9.95. The van der Waals surface area contributed by atoms with Crippen LogP contribution in [0.4, 0.5) is 8.78 Å². The highest BCUT2D eigenvalue weighted by molar-refractivity contribution is 5.78. The van der Waals surface area contributed by atoms with Gasteiger partial charge < -0.3 is 14.8 Å². The quantitative estimate of drug-likeness (QED) is 0.548. The van der Waals surface area contributed by atoms with Crippen molar-refractivity contribution in [2.24, 2.45) is 0 Å². The fraction of sp³-hybridized carbons (Fsp3) is 0.519. The van der Waals surface area contributed by atoms with E-state index in [4.69, 9.17) is 9.47 Å². The number of carbonyl (C=O) groups excluding carboxylic acids is 1. The van der Waals surface area contributed by atoms with Crippen LogP contribution in [0.3, 0.4) is 0 Å². The Balaban J connectivity index is 1.34. The van der Waals surface area contributed by atoms with Crippen LogP contribution in [0.2, 0.25) is 0 Å². The van der Waals surface area contributed by atoms with Gasteiger partial charge in [-0.25, -0.2) is 8.78 Å². The van der Waals surface area contributed by atoms with Crippen molar-refractivity contribution < 1.29 is 23.0 Å². The molecule has 0 saturated carbocycles. The number of ether oxygens (including phenoxy) is 2. The van der Waals surface area contributed by atoms with Crippen molar-refractivity contribution >= 4 is 5.91 Å². The van der Waals surface area contributed by atoms with E-state index < -0.39 is 11.6 Å². The highest BCUT2D eigenvalue weighted by atomic mass is 19.1. The average Bonchev–Trinajstić information content (AvgIpc) is 2.99. The molecule has 0 radical (unpaired) electrons. The number of halogens is 2. The van der Waals surface area contributed by atoms with E-state index in [-0.39, 0.29) is 18.4 Å². The minimum Gasteiger partial charge on any atom is -0.491 e. The number of carbonyl (C=O) groups is 1. The summed E-state index contributed by atoms with van der Waals surface area (Å²) in [6.45, 7) is 6.24. The highest BCUT2D eigenvalue weighted by Crippen LogP contribution is 2.38. The largest absolute Gasteiger partial charge is 0.491 e. The number of rotatable bonds is 9. The fourth-order valence-corrected chi connectivity index (χ4v) is 5.44. The van der Waals surface area contributed by atoms with Crippen molar-refractivity contribution in [3.63, 3.8) is 0 Å². The molecule has 2 saturated heterocycles. The zero-order chi connectivity index (χ0) is 24.2. The summed E-state index contributed by atoms with van der Waals surface area (Å²) in [5.41, 5.74) is 4.09. The van der Waals surface area contributed by atoms with Crippen molar-refractivity contribution in [3.05, 3.63) is 64.2 Å². The lowest BCUT2D eigenvalue weighted by Gasteiger charge is -2.39. The van der Waals surface area contributed by atoms with Gasteiger partial charge in [0.1, 0.15) is 24.0 Å². The Labute approximate surface area is 200 Å². The van der Waals surface area contributed by atoms with Crippen LogP contribution in [-0.2, 0) is 22.5 Å². The van der Waals surface area contributed by atoms with Crippen LogP contribution in [0, 0.1) is 25.5 Å². The molecular weight excluding hydrogens is 438 g/mol. The predicted octanol–water partition coefficient (Wildman–Crippen LogP) is 4.46. The predicted molar refractivity (Wildman–Crippen MR) is 127 cm³/mol. The highest BCUT2D eigenvalue weighted by Gasteiger charge is 2.41. The smallest absolute Gasteiger partial charge is 0.224 e. The molecule has 2 aliphatic rings. The van der Waals surface area contributed by atoms with Crippen LogP contribution >= 0.6 is 0 Å². The molecule has 1 amide bonds. The molecule has 0 aromatic heterocycles. The summed E-state index contributed by atoms with van der Waals surface area (Å²) in [5.74, 6) is -0.595. The van der Waals surface area contributed by atoms with Crippen LogP contribution in [0.1, 0.15) is 47.9 Å². The van der Waals surface area contributed by atoms with Gasteiger partial charge in [0.15, 0.2) is 0 Å². The van der Waals surface area contributed by atoms with E-state index in [1.165, 1.54) is 23.3 Å². The molecule has 2 aliphatic heterocycles. The summed E-state index contributed by atoms with van der Waals surface area (Å²) in [6.07, 6.45) is 4.04. The van der Waals surface area contributed by atoms with Gasteiger partial charge in [-0.15, -0.1) is 0 Å². The zero-order valence-corrected chi connectivity index (χ0v) is 20.2. The Bertz CT molecular complexity index is 995. The topological polar surface area (TPSA) is 50.8 Å².